The minimum absolute atomic E-state index is 1.34. The van der Waals surface area contributed by atoms with Gasteiger partial charge in [0.15, 0.2) is 0 Å². The van der Waals surface area contributed by atoms with Gasteiger partial charge in [0.05, 0.1) is 5.57 Å². The molecule has 0 aliphatic heterocycles. The first-order chi connectivity index (χ1) is 2.81. The molecule has 0 aromatic rings. The summed E-state index contributed by atoms with van der Waals surface area (Å²) in [5.74, 6) is 0. The summed E-state index contributed by atoms with van der Waals surface area (Å²) in [4.78, 5) is 0. The third-order valence-electron chi connectivity index (χ3n) is 0.911. The molecule has 0 atom stereocenters. The van der Waals surface area contributed by atoms with Crippen LogP contribution in [0.3, 0.4) is 0 Å². The SMILES string of the molecule is C/C=C(\C)[CH+]C. The molecule has 0 nitrogen and oxygen atoms in total. The lowest BCUT2D eigenvalue weighted by Crippen LogP contribution is -1.65. The predicted octanol–water partition coefficient (Wildman–Crippen LogP) is 2.18. The molecule has 0 saturated heterocycles. The lowest BCUT2D eigenvalue weighted by Gasteiger charge is -1.73. The maximum atomic E-state index is 2.08. The first kappa shape index (κ1) is 5.61. The Bertz CT molecular complexity index is 51.1. The standard InChI is InChI=1S/C6H11/c1-4-6(3)5-2/h4-5H,1-3H3/q+1/b6-4+. The van der Waals surface area contributed by atoms with Crippen LogP contribution >= 0.6 is 0 Å². The molecule has 0 unspecified atom stereocenters. The van der Waals surface area contributed by atoms with E-state index in [9.17, 15) is 0 Å². The molecule has 0 spiro atoms. The summed E-state index contributed by atoms with van der Waals surface area (Å²) in [6, 6.07) is 0. The molecule has 0 rings (SSSR count). The second kappa shape index (κ2) is 2.83. The van der Waals surface area contributed by atoms with E-state index in [0.717, 1.165) is 0 Å². The second-order valence-corrected chi connectivity index (χ2v) is 1.32. The summed E-state index contributed by atoms with van der Waals surface area (Å²) in [5.41, 5.74) is 1.34. The normalized spacial score (nSPS) is 11.5. The zero-order valence-corrected chi connectivity index (χ0v) is 4.65. The summed E-state index contributed by atoms with van der Waals surface area (Å²) in [7, 11) is 0. The topological polar surface area (TPSA) is 0 Å². The lowest BCUT2D eigenvalue weighted by atomic mass is 10.2. The van der Waals surface area contributed by atoms with E-state index in [-0.39, 0.29) is 0 Å². The van der Waals surface area contributed by atoms with E-state index in [1.807, 2.05) is 13.8 Å². The van der Waals surface area contributed by atoms with E-state index in [2.05, 4.69) is 19.4 Å². The number of allylic oxidation sites excluding steroid dienone is 2. The molecule has 6 heavy (non-hydrogen) atoms. The Balaban J connectivity index is 3.22. The van der Waals surface area contributed by atoms with Crippen molar-refractivity contribution in [2.24, 2.45) is 0 Å². The van der Waals surface area contributed by atoms with Gasteiger partial charge in [0.25, 0.3) is 0 Å². The third-order valence-corrected chi connectivity index (χ3v) is 0.911. The van der Waals surface area contributed by atoms with Gasteiger partial charge in [-0.1, -0.05) is 0 Å². The van der Waals surface area contributed by atoms with E-state index >= 15 is 0 Å². The van der Waals surface area contributed by atoms with Crippen LogP contribution in [0.4, 0.5) is 0 Å². The monoisotopic (exact) mass is 83.1 g/mol. The summed E-state index contributed by atoms with van der Waals surface area (Å²) < 4.78 is 0. The van der Waals surface area contributed by atoms with E-state index in [4.69, 9.17) is 0 Å². The van der Waals surface area contributed by atoms with E-state index < -0.39 is 0 Å². The van der Waals surface area contributed by atoms with Crippen molar-refractivity contribution >= 4 is 0 Å². The van der Waals surface area contributed by atoms with Crippen molar-refractivity contribution in [3.05, 3.63) is 18.1 Å². The second-order valence-electron chi connectivity index (χ2n) is 1.32. The van der Waals surface area contributed by atoms with Crippen molar-refractivity contribution in [3.8, 4) is 0 Å². The highest BCUT2D eigenvalue weighted by atomic mass is 13.8. The Morgan fingerprint density at radius 1 is 1.67 bits per heavy atom. The molecule has 0 saturated carbocycles. The van der Waals surface area contributed by atoms with E-state index in [1.165, 1.54) is 5.57 Å². The fraction of sp³-hybridized carbons (Fsp3) is 0.500. The Kier molecular flexibility index (Phi) is 2.64. The van der Waals surface area contributed by atoms with E-state index in [0.29, 0.717) is 0 Å². The van der Waals surface area contributed by atoms with Crippen LogP contribution in [-0.2, 0) is 0 Å². The molecular formula is C6H11+. The highest BCUT2D eigenvalue weighted by Crippen LogP contribution is 1.92. The van der Waals surface area contributed by atoms with Crippen LogP contribution in [0.25, 0.3) is 0 Å². The third kappa shape index (κ3) is 1.89. The molecule has 0 aliphatic rings. The van der Waals surface area contributed by atoms with Crippen molar-refractivity contribution < 1.29 is 0 Å². The number of hydrogen-bond acceptors (Lipinski definition) is 0. The maximum Gasteiger partial charge on any atom is 0.0984 e. The molecule has 0 aromatic heterocycles. The summed E-state index contributed by atoms with van der Waals surface area (Å²) in [6.45, 7) is 6.16. The molecule has 0 bridgehead atoms. The highest BCUT2D eigenvalue weighted by molar-refractivity contribution is 5.05. The van der Waals surface area contributed by atoms with Gasteiger partial charge in [-0.05, 0) is 6.92 Å². The van der Waals surface area contributed by atoms with Crippen LogP contribution in [-0.4, -0.2) is 0 Å². The first-order valence-electron chi connectivity index (χ1n) is 2.23. The minimum atomic E-state index is 1.34. The van der Waals surface area contributed by atoms with E-state index in [1.54, 1.807) is 0 Å². The molecule has 34 valence electrons. The van der Waals surface area contributed by atoms with Crippen molar-refractivity contribution in [1.29, 1.82) is 0 Å². The van der Waals surface area contributed by atoms with Gasteiger partial charge in [0.2, 0.25) is 0 Å². The van der Waals surface area contributed by atoms with Gasteiger partial charge in [0.1, 0.15) is 0 Å². The van der Waals surface area contributed by atoms with Crippen molar-refractivity contribution in [3.63, 3.8) is 0 Å². The van der Waals surface area contributed by atoms with Crippen LogP contribution in [0.2, 0.25) is 0 Å². The summed E-state index contributed by atoms with van der Waals surface area (Å²) in [5, 5.41) is 0. The van der Waals surface area contributed by atoms with Crippen LogP contribution in [0.1, 0.15) is 20.8 Å². The fourth-order valence-corrected chi connectivity index (χ4v) is 0.167. The zero-order valence-electron chi connectivity index (χ0n) is 4.65. The zero-order chi connectivity index (χ0) is 4.99. The molecule has 0 heteroatoms. The molecule has 0 radical (unpaired) electrons. The average Bonchev–Trinajstić information content (AvgIpc) is 1.65. The molecule has 0 amide bonds. The largest absolute Gasteiger partial charge is 0.0984 e. The van der Waals surface area contributed by atoms with Crippen LogP contribution < -0.4 is 0 Å². The summed E-state index contributed by atoms with van der Waals surface area (Å²) in [6.07, 6.45) is 4.17. The maximum absolute atomic E-state index is 2.08. The average molecular weight is 83.2 g/mol. The lowest BCUT2D eigenvalue weighted by molar-refractivity contribution is 1.33. The Morgan fingerprint density at radius 2 is 2.17 bits per heavy atom. The van der Waals surface area contributed by atoms with Crippen LogP contribution in [0.5, 0.6) is 0 Å². The van der Waals surface area contributed by atoms with Crippen LogP contribution in [0.15, 0.2) is 11.6 Å². The quantitative estimate of drug-likeness (QED) is 0.426. The van der Waals surface area contributed by atoms with Gasteiger partial charge < -0.3 is 0 Å². The number of rotatable bonds is 1. The minimum Gasteiger partial charge on any atom is -0.00175 e. The van der Waals surface area contributed by atoms with Gasteiger partial charge in [-0.3, -0.25) is 0 Å². The predicted molar refractivity (Wildman–Crippen MR) is 29.4 cm³/mol. The molecule has 0 fully saturated rings. The van der Waals surface area contributed by atoms with Crippen molar-refractivity contribution in [1.82, 2.24) is 0 Å². The Hall–Kier alpha value is -0.390. The summed E-state index contributed by atoms with van der Waals surface area (Å²) >= 11 is 0. The number of hydrogen-bond donors (Lipinski definition) is 0. The van der Waals surface area contributed by atoms with Gasteiger partial charge in [0, 0.05) is 26.3 Å². The Labute approximate surface area is 39.9 Å². The van der Waals surface area contributed by atoms with Crippen LogP contribution in [0, 0.1) is 6.42 Å². The smallest absolute Gasteiger partial charge is 0.00175 e. The van der Waals surface area contributed by atoms with Crippen molar-refractivity contribution in [2.45, 2.75) is 20.8 Å². The van der Waals surface area contributed by atoms with Gasteiger partial charge in [-0.2, -0.15) is 0 Å². The van der Waals surface area contributed by atoms with Gasteiger partial charge >= 0.3 is 0 Å². The molecule has 0 heterocycles. The Morgan fingerprint density at radius 3 is 2.17 bits per heavy atom. The molecule has 0 aliphatic carbocycles. The molecule has 0 aromatic carbocycles. The molecule has 0 N–H and O–H groups in total. The van der Waals surface area contributed by atoms with Crippen molar-refractivity contribution in [2.75, 3.05) is 0 Å². The highest BCUT2D eigenvalue weighted by Gasteiger charge is 1.84. The fourth-order valence-electron chi connectivity index (χ4n) is 0.167. The molecular weight excluding hydrogens is 72.1 g/mol. The first-order valence-corrected chi connectivity index (χ1v) is 2.23. The van der Waals surface area contributed by atoms with Gasteiger partial charge in [-0.15, -0.1) is 0 Å². The van der Waals surface area contributed by atoms with Gasteiger partial charge in [-0.25, -0.2) is 0 Å².